The standard InChI is InChI=1S/C18H17NO4/c1-21-17(16-11-13-5-2-3-7-15(13)23-16)12-19-18(20)9-8-14-6-4-10-22-14/h2-11,17H,12H2,1H3,(H,19,20). The minimum Gasteiger partial charge on any atom is -0.465 e. The molecule has 2 aromatic heterocycles. The molecule has 1 aromatic carbocycles. The van der Waals surface area contributed by atoms with Crippen LogP contribution in [0, 0.1) is 0 Å². The van der Waals surface area contributed by atoms with Crippen molar-refractivity contribution in [3.63, 3.8) is 0 Å². The molecular formula is C18H17NO4. The summed E-state index contributed by atoms with van der Waals surface area (Å²) in [4.78, 5) is 11.8. The van der Waals surface area contributed by atoms with Gasteiger partial charge < -0.3 is 18.9 Å². The highest BCUT2D eigenvalue weighted by atomic mass is 16.5. The van der Waals surface area contributed by atoms with Crippen LogP contribution in [-0.4, -0.2) is 19.6 Å². The predicted molar refractivity (Wildman–Crippen MR) is 86.7 cm³/mol. The van der Waals surface area contributed by atoms with Crippen LogP contribution in [0.5, 0.6) is 0 Å². The molecule has 2 heterocycles. The van der Waals surface area contributed by atoms with Crippen LogP contribution in [-0.2, 0) is 9.53 Å². The molecule has 118 valence electrons. The van der Waals surface area contributed by atoms with Gasteiger partial charge in [0.15, 0.2) is 0 Å². The third-order valence-electron chi connectivity index (χ3n) is 3.45. The lowest BCUT2D eigenvalue weighted by atomic mass is 10.2. The molecule has 5 heteroatoms. The van der Waals surface area contributed by atoms with Gasteiger partial charge in [-0.3, -0.25) is 4.79 Å². The van der Waals surface area contributed by atoms with E-state index in [0.717, 1.165) is 11.0 Å². The molecule has 1 N–H and O–H groups in total. The SMILES string of the molecule is COC(CNC(=O)C=Cc1ccco1)c1cc2ccccc2o1. The third-order valence-corrected chi connectivity index (χ3v) is 3.45. The van der Waals surface area contributed by atoms with Gasteiger partial charge >= 0.3 is 0 Å². The summed E-state index contributed by atoms with van der Waals surface area (Å²) in [5, 5.41) is 3.79. The zero-order valence-electron chi connectivity index (χ0n) is 12.7. The van der Waals surface area contributed by atoms with E-state index in [2.05, 4.69) is 5.32 Å². The van der Waals surface area contributed by atoms with Gasteiger partial charge in [-0.25, -0.2) is 0 Å². The van der Waals surface area contributed by atoms with Gasteiger partial charge in [-0.2, -0.15) is 0 Å². The first-order valence-corrected chi connectivity index (χ1v) is 7.27. The van der Waals surface area contributed by atoms with Gasteiger partial charge in [0.05, 0.1) is 12.8 Å². The van der Waals surface area contributed by atoms with Crippen molar-refractivity contribution in [1.82, 2.24) is 5.32 Å². The Morgan fingerprint density at radius 3 is 2.91 bits per heavy atom. The van der Waals surface area contributed by atoms with Gasteiger partial charge in [-0.15, -0.1) is 0 Å². The lowest BCUT2D eigenvalue weighted by molar-refractivity contribution is -0.117. The number of hydrogen-bond donors (Lipinski definition) is 1. The fraction of sp³-hybridized carbons (Fsp3) is 0.167. The number of nitrogens with one attached hydrogen (secondary N) is 1. The largest absolute Gasteiger partial charge is 0.465 e. The Hall–Kier alpha value is -2.79. The van der Waals surface area contributed by atoms with E-state index in [4.69, 9.17) is 13.6 Å². The summed E-state index contributed by atoms with van der Waals surface area (Å²) >= 11 is 0. The summed E-state index contributed by atoms with van der Waals surface area (Å²) in [5.41, 5.74) is 0.800. The number of methoxy groups -OCH3 is 1. The molecule has 0 saturated heterocycles. The predicted octanol–water partition coefficient (Wildman–Crippen LogP) is 3.54. The van der Waals surface area contributed by atoms with Crippen LogP contribution in [0.25, 0.3) is 17.0 Å². The molecule has 3 rings (SSSR count). The number of benzene rings is 1. The molecule has 3 aromatic rings. The van der Waals surface area contributed by atoms with Gasteiger partial charge in [-0.05, 0) is 30.3 Å². The van der Waals surface area contributed by atoms with E-state index in [-0.39, 0.29) is 12.0 Å². The Labute approximate surface area is 133 Å². The molecule has 0 spiro atoms. The fourth-order valence-electron chi connectivity index (χ4n) is 2.26. The van der Waals surface area contributed by atoms with Crippen LogP contribution in [0.2, 0.25) is 0 Å². The minimum absolute atomic E-state index is 0.223. The molecule has 0 saturated carbocycles. The Bertz CT molecular complexity index is 768. The van der Waals surface area contributed by atoms with Gasteiger partial charge in [0, 0.05) is 18.6 Å². The maximum absolute atomic E-state index is 11.8. The second-order valence-electron chi connectivity index (χ2n) is 5.00. The number of carbonyl (C=O) groups is 1. The zero-order valence-corrected chi connectivity index (χ0v) is 12.7. The average Bonchev–Trinajstić information content (AvgIpc) is 3.22. The van der Waals surface area contributed by atoms with Crippen LogP contribution in [0.1, 0.15) is 17.6 Å². The van der Waals surface area contributed by atoms with Crippen LogP contribution in [0.3, 0.4) is 0 Å². The van der Waals surface area contributed by atoms with Crippen LogP contribution >= 0.6 is 0 Å². The van der Waals surface area contributed by atoms with Crippen molar-refractivity contribution in [3.8, 4) is 0 Å². The van der Waals surface area contributed by atoms with E-state index in [1.165, 1.54) is 6.08 Å². The summed E-state index contributed by atoms with van der Waals surface area (Å²) in [6, 6.07) is 13.2. The highest BCUT2D eigenvalue weighted by Gasteiger charge is 2.16. The number of ether oxygens (including phenoxy) is 1. The fourth-order valence-corrected chi connectivity index (χ4v) is 2.26. The summed E-state index contributed by atoms with van der Waals surface area (Å²) in [7, 11) is 1.59. The number of fused-ring (bicyclic) bond motifs is 1. The molecule has 1 unspecified atom stereocenters. The molecule has 0 bridgehead atoms. The Kier molecular flexibility index (Phi) is 4.59. The number of hydrogen-bond acceptors (Lipinski definition) is 4. The molecule has 0 aliphatic carbocycles. The monoisotopic (exact) mass is 311 g/mol. The number of para-hydroxylation sites is 1. The van der Waals surface area contributed by atoms with Gasteiger partial charge in [-0.1, -0.05) is 18.2 Å². The first-order valence-electron chi connectivity index (χ1n) is 7.27. The van der Waals surface area contributed by atoms with Gasteiger partial charge in [0.1, 0.15) is 23.2 Å². The molecule has 5 nitrogen and oxygen atoms in total. The normalized spacial score (nSPS) is 12.7. The first kappa shape index (κ1) is 15.1. The Balaban J connectivity index is 1.62. The summed E-state index contributed by atoms with van der Waals surface area (Å²) in [6.45, 7) is 0.317. The zero-order chi connectivity index (χ0) is 16.1. The van der Waals surface area contributed by atoms with Crippen LogP contribution in [0.15, 0.2) is 63.6 Å². The van der Waals surface area contributed by atoms with Crippen molar-refractivity contribution in [3.05, 3.63) is 66.3 Å². The third kappa shape index (κ3) is 3.70. The van der Waals surface area contributed by atoms with E-state index in [0.29, 0.717) is 18.1 Å². The number of furan rings is 2. The van der Waals surface area contributed by atoms with Crippen molar-refractivity contribution in [2.45, 2.75) is 6.10 Å². The van der Waals surface area contributed by atoms with E-state index in [9.17, 15) is 4.79 Å². The Morgan fingerprint density at radius 1 is 1.30 bits per heavy atom. The quantitative estimate of drug-likeness (QED) is 0.707. The second-order valence-corrected chi connectivity index (χ2v) is 5.00. The molecule has 0 aliphatic heterocycles. The molecule has 0 aliphatic rings. The number of rotatable bonds is 6. The summed E-state index contributed by atoms with van der Waals surface area (Å²) in [5.74, 6) is 1.09. The molecular weight excluding hydrogens is 294 g/mol. The van der Waals surface area contributed by atoms with Gasteiger partial charge in [0.25, 0.3) is 0 Å². The molecule has 1 atom stereocenters. The lowest BCUT2D eigenvalue weighted by Gasteiger charge is -2.12. The molecule has 0 fully saturated rings. The van der Waals surface area contributed by atoms with Crippen molar-refractivity contribution in [1.29, 1.82) is 0 Å². The van der Waals surface area contributed by atoms with E-state index in [1.807, 2.05) is 30.3 Å². The highest BCUT2D eigenvalue weighted by Crippen LogP contribution is 2.25. The maximum atomic E-state index is 11.8. The smallest absolute Gasteiger partial charge is 0.244 e. The van der Waals surface area contributed by atoms with E-state index >= 15 is 0 Å². The van der Waals surface area contributed by atoms with Crippen molar-refractivity contribution >= 4 is 23.0 Å². The average molecular weight is 311 g/mol. The van der Waals surface area contributed by atoms with E-state index in [1.54, 1.807) is 31.6 Å². The Morgan fingerprint density at radius 2 is 2.17 bits per heavy atom. The summed E-state index contributed by atoms with van der Waals surface area (Å²) in [6.07, 6.45) is 4.24. The summed E-state index contributed by atoms with van der Waals surface area (Å²) < 4.78 is 16.3. The van der Waals surface area contributed by atoms with Crippen molar-refractivity contribution in [2.24, 2.45) is 0 Å². The highest BCUT2D eigenvalue weighted by molar-refractivity contribution is 5.91. The maximum Gasteiger partial charge on any atom is 0.244 e. The number of amides is 1. The first-order chi connectivity index (χ1) is 11.3. The molecule has 1 amide bonds. The van der Waals surface area contributed by atoms with Crippen LogP contribution < -0.4 is 5.32 Å². The topological polar surface area (TPSA) is 64.6 Å². The van der Waals surface area contributed by atoms with E-state index < -0.39 is 0 Å². The lowest BCUT2D eigenvalue weighted by Crippen LogP contribution is -2.27. The minimum atomic E-state index is -0.344. The van der Waals surface area contributed by atoms with Crippen molar-refractivity contribution < 1.29 is 18.4 Å². The van der Waals surface area contributed by atoms with Crippen molar-refractivity contribution in [2.75, 3.05) is 13.7 Å². The molecule has 23 heavy (non-hydrogen) atoms. The number of carbonyl (C=O) groups excluding carboxylic acids is 1. The second kappa shape index (κ2) is 6.98. The van der Waals surface area contributed by atoms with Gasteiger partial charge in [0.2, 0.25) is 5.91 Å². The molecule has 0 radical (unpaired) electrons. The van der Waals surface area contributed by atoms with Crippen LogP contribution in [0.4, 0.5) is 0 Å².